The van der Waals surface area contributed by atoms with E-state index >= 15 is 0 Å². The standard InChI is InChI=1S/C14H4Cl5F5O/c15-8-7(9(16)11(18)12(19)10(8)17)4-1-2-6(25-13(20)21)5(3-4)14(22,23)24/h1-3,13H. The van der Waals surface area contributed by atoms with Gasteiger partial charge >= 0.3 is 12.8 Å². The van der Waals surface area contributed by atoms with Gasteiger partial charge in [-0.3, -0.25) is 0 Å². The molecule has 25 heavy (non-hydrogen) atoms. The Balaban J connectivity index is 2.74. The molecule has 0 aromatic heterocycles. The molecule has 0 aliphatic carbocycles. The van der Waals surface area contributed by atoms with E-state index in [1.807, 2.05) is 0 Å². The summed E-state index contributed by atoms with van der Waals surface area (Å²) in [6.07, 6.45) is -4.97. The third kappa shape index (κ3) is 4.19. The van der Waals surface area contributed by atoms with Crippen molar-refractivity contribution in [2.45, 2.75) is 12.8 Å². The number of hydrogen-bond acceptors (Lipinski definition) is 1. The zero-order chi connectivity index (χ0) is 19.1. The van der Waals surface area contributed by atoms with Crippen molar-refractivity contribution in [1.82, 2.24) is 0 Å². The Morgan fingerprint density at radius 1 is 0.800 bits per heavy atom. The molecule has 0 saturated heterocycles. The first kappa shape index (κ1) is 20.6. The van der Waals surface area contributed by atoms with Crippen molar-refractivity contribution in [1.29, 1.82) is 0 Å². The lowest BCUT2D eigenvalue weighted by atomic mass is 10.0. The lowest BCUT2D eigenvalue weighted by molar-refractivity contribution is -0.141. The van der Waals surface area contributed by atoms with Crippen molar-refractivity contribution in [3.05, 3.63) is 48.9 Å². The molecule has 11 heteroatoms. The van der Waals surface area contributed by atoms with E-state index in [1.54, 1.807) is 0 Å². The second-order valence-corrected chi connectivity index (χ2v) is 6.42. The molecule has 136 valence electrons. The first-order valence-corrected chi connectivity index (χ1v) is 8.02. The SMILES string of the molecule is FC(F)Oc1ccc(-c2c(Cl)c(Cl)c(Cl)c(Cl)c2Cl)cc1C(F)(F)F. The molecule has 0 aliphatic rings. The van der Waals surface area contributed by atoms with Crippen molar-refractivity contribution in [3.63, 3.8) is 0 Å². The summed E-state index contributed by atoms with van der Waals surface area (Å²) in [5.41, 5.74) is -1.74. The van der Waals surface area contributed by atoms with Crippen LogP contribution in [0.15, 0.2) is 18.2 Å². The van der Waals surface area contributed by atoms with E-state index < -0.39 is 24.1 Å². The Kier molecular flexibility index (Phi) is 6.22. The number of halogens is 10. The molecule has 2 aromatic rings. The molecule has 2 rings (SSSR count). The van der Waals surface area contributed by atoms with Gasteiger partial charge in [0.1, 0.15) is 5.75 Å². The third-order valence-electron chi connectivity index (χ3n) is 3.00. The van der Waals surface area contributed by atoms with Gasteiger partial charge in [-0.2, -0.15) is 22.0 Å². The average molecular weight is 460 g/mol. The minimum Gasteiger partial charge on any atom is -0.434 e. The summed E-state index contributed by atoms with van der Waals surface area (Å²) in [6.45, 7) is -3.43. The lowest BCUT2D eigenvalue weighted by Gasteiger charge is -2.17. The van der Waals surface area contributed by atoms with E-state index in [-0.39, 0.29) is 36.2 Å². The quantitative estimate of drug-likeness (QED) is 0.255. The van der Waals surface area contributed by atoms with Gasteiger partial charge in [0.15, 0.2) is 0 Å². The monoisotopic (exact) mass is 458 g/mol. The zero-order valence-corrected chi connectivity index (χ0v) is 15.3. The van der Waals surface area contributed by atoms with Crippen molar-refractivity contribution in [2.75, 3.05) is 0 Å². The van der Waals surface area contributed by atoms with E-state index in [4.69, 9.17) is 58.0 Å². The Morgan fingerprint density at radius 2 is 1.28 bits per heavy atom. The maximum atomic E-state index is 13.2. The average Bonchev–Trinajstić information content (AvgIpc) is 2.51. The second-order valence-electron chi connectivity index (χ2n) is 4.53. The number of ether oxygens (including phenoxy) is 1. The number of benzene rings is 2. The van der Waals surface area contributed by atoms with Crippen LogP contribution in [0.2, 0.25) is 25.1 Å². The molecule has 0 amide bonds. The molecule has 2 aromatic carbocycles. The van der Waals surface area contributed by atoms with Crippen LogP contribution < -0.4 is 4.74 Å². The van der Waals surface area contributed by atoms with Gasteiger partial charge in [-0.1, -0.05) is 64.1 Å². The summed E-state index contributed by atoms with van der Waals surface area (Å²) in [5.74, 6) is -1.05. The number of rotatable bonds is 3. The topological polar surface area (TPSA) is 9.23 Å². The predicted molar refractivity (Wildman–Crippen MR) is 88.6 cm³/mol. The Bertz CT molecular complexity index is 793. The van der Waals surface area contributed by atoms with E-state index in [1.165, 1.54) is 0 Å². The van der Waals surface area contributed by atoms with Gasteiger partial charge in [-0.25, -0.2) is 0 Å². The molecule has 1 nitrogen and oxygen atoms in total. The second kappa shape index (κ2) is 7.53. The van der Waals surface area contributed by atoms with Crippen molar-refractivity contribution in [3.8, 4) is 16.9 Å². The predicted octanol–water partition coefficient (Wildman–Crippen LogP) is 8.24. The maximum Gasteiger partial charge on any atom is 0.419 e. The minimum absolute atomic E-state index is 0.128. The van der Waals surface area contributed by atoms with E-state index in [0.29, 0.717) is 12.1 Å². The van der Waals surface area contributed by atoms with Crippen LogP contribution >= 0.6 is 58.0 Å². The van der Waals surface area contributed by atoms with Gasteiger partial charge in [-0.15, -0.1) is 0 Å². The summed E-state index contributed by atoms with van der Waals surface area (Å²) in [4.78, 5) is 0. The molecule has 0 fully saturated rings. The van der Waals surface area contributed by atoms with Gasteiger partial charge in [0, 0.05) is 5.56 Å². The van der Waals surface area contributed by atoms with Crippen molar-refractivity contribution < 1.29 is 26.7 Å². The maximum absolute atomic E-state index is 13.2. The number of hydrogen-bond donors (Lipinski definition) is 0. The fraction of sp³-hybridized carbons (Fsp3) is 0.143. The van der Waals surface area contributed by atoms with Gasteiger partial charge in [-0.05, 0) is 17.7 Å². The molecule has 0 saturated carbocycles. The summed E-state index contributed by atoms with van der Waals surface area (Å²) < 4.78 is 68.0. The molecule has 0 spiro atoms. The molecule has 0 atom stereocenters. The molecule has 0 bridgehead atoms. The minimum atomic E-state index is -4.97. The lowest BCUT2D eigenvalue weighted by Crippen LogP contribution is -2.11. The van der Waals surface area contributed by atoms with Gasteiger partial charge in [0.25, 0.3) is 0 Å². The van der Waals surface area contributed by atoms with Crippen molar-refractivity contribution >= 4 is 58.0 Å². The molecular weight excluding hydrogens is 456 g/mol. The Labute approximate surface area is 163 Å². The van der Waals surface area contributed by atoms with E-state index in [2.05, 4.69) is 4.74 Å². The summed E-state index contributed by atoms with van der Waals surface area (Å²) in [5, 5.41) is -1.08. The van der Waals surface area contributed by atoms with Gasteiger partial charge < -0.3 is 4.74 Å². The highest BCUT2D eigenvalue weighted by Gasteiger charge is 2.36. The zero-order valence-electron chi connectivity index (χ0n) is 11.5. The first-order chi connectivity index (χ1) is 11.4. The van der Waals surface area contributed by atoms with Crippen LogP contribution in [0.5, 0.6) is 5.75 Å². The number of alkyl halides is 5. The van der Waals surface area contributed by atoms with Crippen LogP contribution in [0, 0.1) is 0 Å². The molecule has 0 N–H and O–H groups in total. The summed E-state index contributed by atoms with van der Waals surface area (Å²) in [6, 6.07) is 2.32. The molecule has 0 aliphatic heterocycles. The van der Waals surface area contributed by atoms with Crippen LogP contribution in [-0.2, 0) is 6.18 Å². The van der Waals surface area contributed by atoms with Gasteiger partial charge in [0.2, 0.25) is 0 Å². The van der Waals surface area contributed by atoms with E-state index in [9.17, 15) is 22.0 Å². The smallest absolute Gasteiger partial charge is 0.419 e. The van der Waals surface area contributed by atoms with Crippen LogP contribution in [-0.4, -0.2) is 6.61 Å². The van der Waals surface area contributed by atoms with Crippen LogP contribution in [0.25, 0.3) is 11.1 Å². The normalized spacial score (nSPS) is 12.0. The molecule has 0 heterocycles. The largest absolute Gasteiger partial charge is 0.434 e. The highest BCUT2D eigenvalue weighted by molar-refractivity contribution is 6.56. The van der Waals surface area contributed by atoms with Crippen molar-refractivity contribution in [2.24, 2.45) is 0 Å². The molecular formula is C14H4Cl5F5O. The Hall–Kier alpha value is -0.660. The van der Waals surface area contributed by atoms with Gasteiger partial charge in [0.05, 0.1) is 30.7 Å². The van der Waals surface area contributed by atoms with Crippen LogP contribution in [0.1, 0.15) is 5.56 Å². The molecule has 0 unspecified atom stereocenters. The van der Waals surface area contributed by atoms with E-state index in [0.717, 1.165) is 6.07 Å². The highest BCUT2D eigenvalue weighted by Crippen LogP contribution is 2.49. The molecule has 0 radical (unpaired) electrons. The highest BCUT2D eigenvalue weighted by atomic mass is 35.5. The Morgan fingerprint density at radius 3 is 1.72 bits per heavy atom. The first-order valence-electron chi connectivity index (χ1n) is 6.13. The summed E-state index contributed by atoms with van der Waals surface area (Å²) in [7, 11) is 0. The fourth-order valence-electron chi connectivity index (χ4n) is 1.96. The van der Waals surface area contributed by atoms with Crippen LogP contribution in [0.3, 0.4) is 0 Å². The third-order valence-corrected chi connectivity index (χ3v) is 5.28. The van der Waals surface area contributed by atoms with Crippen LogP contribution in [0.4, 0.5) is 22.0 Å². The summed E-state index contributed by atoms with van der Waals surface area (Å²) >= 11 is 29.6. The fourth-order valence-corrected chi connectivity index (χ4v) is 3.32.